The molecule has 1 atom stereocenters. The summed E-state index contributed by atoms with van der Waals surface area (Å²) in [7, 11) is -3.03. The number of rotatable bonds is 4. The van der Waals surface area contributed by atoms with Crippen molar-refractivity contribution in [2.24, 2.45) is 5.29 Å². The van der Waals surface area contributed by atoms with E-state index < -0.39 is 10.1 Å². The van der Waals surface area contributed by atoms with Crippen molar-refractivity contribution in [2.75, 3.05) is 12.0 Å². The molecule has 1 aromatic rings. The molecule has 0 aliphatic heterocycles. The molecule has 0 amide bonds. The molecule has 0 aliphatic carbocycles. The minimum absolute atomic E-state index is 0.110. The van der Waals surface area contributed by atoms with Gasteiger partial charge in [0.25, 0.3) is 5.29 Å². The SMILES string of the molecule is CC(C[SH](C)(O)=[N+]([O-])N=O)c1ccc(Cl)nc1. The fourth-order valence-electron chi connectivity index (χ4n) is 1.45. The zero-order valence-electron chi connectivity index (χ0n) is 9.45. The van der Waals surface area contributed by atoms with Crippen LogP contribution in [0.4, 0.5) is 0 Å². The van der Waals surface area contributed by atoms with Crippen molar-refractivity contribution >= 4 is 21.7 Å². The van der Waals surface area contributed by atoms with Gasteiger partial charge in [-0.05, 0) is 21.8 Å². The van der Waals surface area contributed by atoms with Gasteiger partial charge in [-0.2, -0.15) is 0 Å². The van der Waals surface area contributed by atoms with E-state index in [9.17, 15) is 14.7 Å². The maximum Gasteiger partial charge on any atom is 0.251 e. The van der Waals surface area contributed by atoms with E-state index in [4.69, 9.17) is 11.6 Å². The summed E-state index contributed by atoms with van der Waals surface area (Å²) in [6, 6.07) is 3.40. The maximum atomic E-state index is 11.1. The zero-order chi connectivity index (χ0) is 13.1. The molecule has 17 heavy (non-hydrogen) atoms. The third-order valence-electron chi connectivity index (χ3n) is 2.38. The van der Waals surface area contributed by atoms with Gasteiger partial charge in [-0.15, -0.1) is 0 Å². The average molecular weight is 280 g/mol. The normalized spacial score (nSPS) is 14.2. The predicted octanol–water partition coefficient (Wildman–Crippen LogP) is 2.20. The van der Waals surface area contributed by atoms with Crippen molar-refractivity contribution in [1.29, 1.82) is 0 Å². The molecule has 0 saturated carbocycles. The number of halogens is 1. The molecule has 6 nitrogen and oxygen atoms in total. The summed E-state index contributed by atoms with van der Waals surface area (Å²) in [5.41, 5.74) is 0.842. The smallest absolute Gasteiger partial charge is 0.251 e. The van der Waals surface area contributed by atoms with Gasteiger partial charge in [0.15, 0.2) is 0 Å². The summed E-state index contributed by atoms with van der Waals surface area (Å²) in [5.74, 6) is 0.0623. The Morgan fingerprint density at radius 2 is 2.35 bits per heavy atom. The van der Waals surface area contributed by atoms with Gasteiger partial charge in [0.1, 0.15) is 5.15 Å². The fourth-order valence-corrected chi connectivity index (χ4v) is 3.11. The van der Waals surface area contributed by atoms with Crippen LogP contribution in [0, 0.1) is 10.1 Å². The van der Waals surface area contributed by atoms with Gasteiger partial charge >= 0.3 is 0 Å². The van der Waals surface area contributed by atoms with Gasteiger partial charge in [0.2, 0.25) is 0 Å². The van der Waals surface area contributed by atoms with E-state index >= 15 is 0 Å². The Kier molecular flexibility index (Phi) is 4.70. The molecule has 0 bridgehead atoms. The molecule has 0 spiro atoms. The Morgan fingerprint density at radius 1 is 1.71 bits per heavy atom. The standard InChI is InChI=1S/C9H14ClN3O3S/c1-7(6-17(2,16)13(15)12-14)8-3-4-9(10)11-5-8/h3-5,7,16-17H,6H2,1-2H3. The number of thiol groups is 1. The van der Waals surface area contributed by atoms with E-state index in [0.717, 1.165) is 5.56 Å². The Labute approximate surface area is 105 Å². The van der Waals surface area contributed by atoms with Gasteiger partial charge in [-0.25, -0.2) is 4.98 Å². The highest BCUT2D eigenvalue weighted by Crippen LogP contribution is 2.20. The zero-order valence-corrected chi connectivity index (χ0v) is 11.1. The lowest BCUT2D eigenvalue weighted by molar-refractivity contribution is -0.445. The topological polar surface area (TPSA) is 88.6 Å². The first-order valence-electron chi connectivity index (χ1n) is 4.87. The first-order chi connectivity index (χ1) is 7.86. The van der Waals surface area contributed by atoms with E-state index in [2.05, 4.69) is 10.3 Å². The lowest BCUT2D eigenvalue weighted by Crippen LogP contribution is -2.25. The van der Waals surface area contributed by atoms with Crippen LogP contribution in [-0.4, -0.2) is 25.8 Å². The van der Waals surface area contributed by atoms with Gasteiger partial charge < -0.3 is 9.76 Å². The number of hydrogen-bond acceptors (Lipinski definition) is 3. The van der Waals surface area contributed by atoms with Crippen LogP contribution in [0.2, 0.25) is 5.15 Å². The third-order valence-corrected chi connectivity index (χ3v) is 4.65. The molecule has 1 unspecified atom stereocenters. The van der Waals surface area contributed by atoms with Crippen LogP contribution in [0.1, 0.15) is 18.4 Å². The third kappa shape index (κ3) is 3.81. The first-order valence-corrected chi connectivity index (χ1v) is 7.58. The minimum Gasteiger partial charge on any atom is -0.512 e. The van der Waals surface area contributed by atoms with Crippen molar-refractivity contribution in [3.63, 3.8) is 0 Å². The van der Waals surface area contributed by atoms with Gasteiger partial charge in [-0.3, -0.25) is 0 Å². The van der Waals surface area contributed by atoms with Crippen LogP contribution < -0.4 is 0 Å². The molecule has 0 saturated heterocycles. The van der Waals surface area contributed by atoms with Crippen LogP contribution in [0.3, 0.4) is 0 Å². The molecule has 0 aromatic carbocycles. The van der Waals surface area contributed by atoms with Crippen LogP contribution in [0.15, 0.2) is 23.6 Å². The molecule has 8 heteroatoms. The maximum absolute atomic E-state index is 11.1. The quantitative estimate of drug-likeness (QED) is 0.291. The molecule has 96 valence electrons. The van der Waals surface area contributed by atoms with Crippen LogP contribution in [0.25, 0.3) is 0 Å². The Bertz CT molecular complexity index is 457. The van der Waals surface area contributed by atoms with Crippen molar-refractivity contribution in [2.45, 2.75) is 12.8 Å². The van der Waals surface area contributed by atoms with Crippen molar-refractivity contribution < 1.29 is 8.77 Å². The molecule has 0 radical (unpaired) electrons. The summed E-state index contributed by atoms with van der Waals surface area (Å²) in [4.78, 5) is 14.0. The Balaban J connectivity index is 2.90. The Hall–Kier alpha value is -0.890. The second-order valence-electron chi connectivity index (χ2n) is 3.92. The largest absolute Gasteiger partial charge is 0.512 e. The Morgan fingerprint density at radius 3 is 2.82 bits per heavy atom. The van der Waals surface area contributed by atoms with E-state index in [0.29, 0.717) is 5.15 Å². The minimum atomic E-state index is -3.03. The number of hydrogen-bond donors (Lipinski definition) is 2. The second-order valence-corrected chi connectivity index (χ2v) is 7.19. The van der Waals surface area contributed by atoms with E-state index in [1.165, 1.54) is 6.26 Å². The van der Waals surface area contributed by atoms with E-state index in [1.807, 2.05) is 6.92 Å². The number of nitroso groups, excluding NO2 is 1. The first kappa shape index (κ1) is 14.2. The fraction of sp³-hybridized carbons (Fsp3) is 0.444. The highest BCUT2D eigenvalue weighted by atomic mass is 35.5. The molecule has 0 fully saturated rings. The highest BCUT2D eigenvalue weighted by Gasteiger charge is 2.17. The van der Waals surface area contributed by atoms with Crippen molar-refractivity contribution in [3.05, 3.63) is 39.2 Å². The highest BCUT2D eigenvalue weighted by molar-refractivity contribution is 7.97. The van der Waals surface area contributed by atoms with Gasteiger partial charge in [-0.1, -0.05) is 29.5 Å². The molecule has 1 N–H and O–H groups in total. The summed E-state index contributed by atoms with van der Waals surface area (Å²) in [6.45, 7) is 1.83. The van der Waals surface area contributed by atoms with Crippen molar-refractivity contribution in [1.82, 2.24) is 4.98 Å². The number of pyridine rings is 1. The lowest BCUT2D eigenvalue weighted by atomic mass is 10.1. The second kappa shape index (κ2) is 5.63. The number of nitrogens with zero attached hydrogens (tertiary/aromatic N) is 3. The van der Waals surface area contributed by atoms with E-state index in [-0.39, 0.29) is 15.9 Å². The van der Waals surface area contributed by atoms with Gasteiger partial charge in [0.05, 0.1) is 0 Å². The molecular formula is C9H14ClN3O3S. The monoisotopic (exact) mass is 279 g/mol. The molecule has 1 aromatic heterocycles. The van der Waals surface area contributed by atoms with Gasteiger partial charge in [0, 0.05) is 28.3 Å². The predicted molar refractivity (Wildman–Crippen MR) is 69.3 cm³/mol. The molecule has 1 rings (SSSR count). The van der Waals surface area contributed by atoms with Crippen molar-refractivity contribution in [3.8, 4) is 0 Å². The molecule has 0 aliphatic rings. The van der Waals surface area contributed by atoms with Crippen LogP contribution in [0.5, 0.6) is 0 Å². The summed E-state index contributed by atoms with van der Waals surface area (Å²) in [6.07, 6.45) is 2.93. The van der Waals surface area contributed by atoms with Crippen LogP contribution in [-0.2, 0) is 10.1 Å². The molecular weight excluding hydrogens is 266 g/mol. The number of aromatic nitrogens is 1. The average Bonchev–Trinajstić information content (AvgIpc) is 2.28. The summed E-state index contributed by atoms with van der Waals surface area (Å²) >= 11 is 5.65. The van der Waals surface area contributed by atoms with Crippen LogP contribution >= 0.6 is 11.6 Å². The summed E-state index contributed by atoms with van der Waals surface area (Å²) < 4.78 is 9.72. The van der Waals surface area contributed by atoms with E-state index in [1.54, 1.807) is 18.3 Å². The molecule has 1 heterocycles. The lowest BCUT2D eigenvalue weighted by Gasteiger charge is -2.20. The summed E-state index contributed by atoms with van der Waals surface area (Å²) in [5, 5.41) is 13.6.